The zero-order chi connectivity index (χ0) is 15.9. The summed E-state index contributed by atoms with van der Waals surface area (Å²) in [5, 5.41) is 4.59. The summed E-state index contributed by atoms with van der Waals surface area (Å²) in [6.45, 7) is 3.75. The third-order valence-corrected chi connectivity index (χ3v) is 3.50. The number of aryl methyl sites for hydroxylation is 2. The molecule has 0 heterocycles. The third kappa shape index (κ3) is 4.60. The summed E-state index contributed by atoms with van der Waals surface area (Å²) in [6, 6.07) is 13.0. The predicted octanol–water partition coefficient (Wildman–Crippen LogP) is 3.49. The number of ether oxygens (including phenoxy) is 1. The van der Waals surface area contributed by atoms with E-state index < -0.39 is 0 Å². The lowest BCUT2D eigenvalue weighted by Gasteiger charge is -2.06. The van der Waals surface area contributed by atoms with E-state index in [0.29, 0.717) is 10.8 Å². The molecular formula is C17H17ClN2O2. The van der Waals surface area contributed by atoms with Gasteiger partial charge in [0.2, 0.25) is 0 Å². The van der Waals surface area contributed by atoms with Crippen LogP contribution in [-0.2, 0) is 4.79 Å². The van der Waals surface area contributed by atoms with E-state index in [-0.39, 0.29) is 12.5 Å². The van der Waals surface area contributed by atoms with Crippen molar-refractivity contribution in [1.29, 1.82) is 0 Å². The van der Waals surface area contributed by atoms with Crippen molar-refractivity contribution in [1.82, 2.24) is 5.43 Å². The second-order valence-corrected chi connectivity index (χ2v) is 5.26. The molecule has 0 unspecified atom stereocenters. The van der Waals surface area contributed by atoms with E-state index >= 15 is 0 Å². The van der Waals surface area contributed by atoms with Crippen LogP contribution >= 0.6 is 11.6 Å². The Morgan fingerprint density at radius 3 is 2.73 bits per heavy atom. The molecule has 0 atom stereocenters. The topological polar surface area (TPSA) is 50.7 Å². The van der Waals surface area contributed by atoms with Crippen molar-refractivity contribution in [2.75, 3.05) is 6.61 Å². The third-order valence-electron chi connectivity index (χ3n) is 3.08. The van der Waals surface area contributed by atoms with Crippen LogP contribution in [0.25, 0.3) is 0 Å². The van der Waals surface area contributed by atoms with Crippen LogP contribution in [0.2, 0.25) is 5.02 Å². The molecule has 0 spiro atoms. The first kappa shape index (κ1) is 16.0. The Morgan fingerprint density at radius 1 is 1.23 bits per heavy atom. The zero-order valence-electron chi connectivity index (χ0n) is 12.5. The van der Waals surface area contributed by atoms with Crippen molar-refractivity contribution in [3.05, 3.63) is 64.2 Å². The predicted molar refractivity (Wildman–Crippen MR) is 88.6 cm³/mol. The summed E-state index contributed by atoms with van der Waals surface area (Å²) >= 11 is 5.93. The fourth-order valence-corrected chi connectivity index (χ4v) is 1.91. The number of hydrogen-bond acceptors (Lipinski definition) is 3. The van der Waals surface area contributed by atoms with Crippen LogP contribution in [0.1, 0.15) is 16.7 Å². The lowest BCUT2D eigenvalue weighted by Crippen LogP contribution is -2.24. The highest BCUT2D eigenvalue weighted by Crippen LogP contribution is 2.20. The normalized spacial score (nSPS) is 10.7. The summed E-state index contributed by atoms with van der Waals surface area (Å²) < 4.78 is 5.39. The Hall–Kier alpha value is -2.33. The number of hydrazone groups is 1. The van der Waals surface area contributed by atoms with Crippen molar-refractivity contribution in [3.8, 4) is 5.75 Å². The van der Waals surface area contributed by atoms with E-state index in [4.69, 9.17) is 16.3 Å². The van der Waals surface area contributed by atoms with Gasteiger partial charge in [0.05, 0.1) is 6.21 Å². The van der Waals surface area contributed by atoms with Crippen LogP contribution in [0.15, 0.2) is 47.6 Å². The molecule has 0 bridgehead atoms. The molecule has 2 aromatic carbocycles. The van der Waals surface area contributed by atoms with Crippen LogP contribution in [0.3, 0.4) is 0 Å². The number of carbonyl (C=O) groups excluding carboxylic acids is 1. The van der Waals surface area contributed by atoms with Crippen molar-refractivity contribution in [2.24, 2.45) is 5.10 Å². The molecule has 0 saturated carbocycles. The van der Waals surface area contributed by atoms with E-state index in [1.165, 1.54) is 0 Å². The highest BCUT2D eigenvalue weighted by Gasteiger charge is 2.03. The molecule has 2 aromatic rings. The van der Waals surface area contributed by atoms with Gasteiger partial charge in [-0.15, -0.1) is 0 Å². The number of rotatable bonds is 5. The lowest BCUT2D eigenvalue weighted by atomic mass is 10.1. The summed E-state index contributed by atoms with van der Waals surface area (Å²) in [6.07, 6.45) is 1.61. The van der Waals surface area contributed by atoms with Gasteiger partial charge >= 0.3 is 0 Å². The fraction of sp³-hybridized carbons (Fsp3) is 0.176. The maximum absolute atomic E-state index is 11.7. The highest BCUT2D eigenvalue weighted by molar-refractivity contribution is 6.31. The number of halogens is 1. The average Bonchev–Trinajstić information content (AvgIpc) is 2.50. The number of nitrogens with zero attached hydrogens (tertiary/aromatic N) is 1. The SMILES string of the molecule is Cc1cc(OCC(=O)NN=Cc2ccccc2C)ccc1Cl. The summed E-state index contributed by atoms with van der Waals surface area (Å²) in [5.74, 6) is 0.275. The molecule has 0 radical (unpaired) electrons. The van der Waals surface area contributed by atoms with Gasteiger partial charge in [0.1, 0.15) is 5.75 Å². The molecule has 4 nitrogen and oxygen atoms in total. The highest BCUT2D eigenvalue weighted by atomic mass is 35.5. The first-order valence-electron chi connectivity index (χ1n) is 6.83. The molecule has 1 N–H and O–H groups in total. The minimum atomic E-state index is -0.322. The van der Waals surface area contributed by atoms with Gasteiger partial charge < -0.3 is 4.74 Å². The number of carbonyl (C=O) groups is 1. The van der Waals surface area contributed by atoms with Crippen LogP contribution in [-0.4, -0.2) is 18.7 Å². The monoisotopic (exact) mass is 316 g/mol. The lowest BCUT2D eigenvalue weighted by molar-refractivity contribution is -0.123. The molecule has 0 aliphatic carbocycles. The largest absolute Gasteiger partial charge is 0.484 e. The van der Waals surface area contributed by atoms with Crippen LogP contribution in [0.4, 0.5) is 0 Å². The van der Waals surface area contributed by atoms with Gasteiger partial charge in [-0.1, -0.05) is 35.9 Å². The van der Waals surface area contributed by atoms with Crippen molar-refractivity contribution >= 4 is 23.7 Å². The van der Waals surface area contributed by atoms with Crippen LogP contribution in [0, 0.1) is 13.8 Å². The number of hydrogen-bond donors (Lipinski definition) is 1. The quantitative estimate of drug-likeness (QED) is 0.678. The maximum Gasteiger partial charge on any atom is 0.277 e. The molecule has 114 valence electrons. The minimum Gasteiger partial charge on any atom is -0.484 e. The van der Waals surface area contributed by atoms with Crippen molar-refractivity contribution < 1.29 is 9.53 Å². The summed E-state index contributed by atoms with van der Waals surface area (Å²) in [4.78, 5) is 11.7. The van der Waals surface area contributed by atoms with Crippen LogP contribution < -0.4 is 10.2 Å². The van der Waals surface area contributed by atoms with Gasteiger partial charge in [-0.3, -0.25) is 4.79 Å². The Morgan fingerprint density at radius 2 is 2.00 bits per heavy atom. The molecule has 22 heavy (non-hydrogen) atoms. The first-order chi connectivity index (χ1) is 10.6. The van der Waals surface area contributed by atoms with E-state index in [1.807, 2.05) is 38.1 Å². The van der Waals surface area contributed by atoms with E-state index in [2.05, 4.69) is 10.5 Å². The van der Waals surface area contributed by atoms with Gasteiger partial charge in [0.15, 0.2) is 6.61 Å². The average molecular weight is 317 g/mol. The second-order valence-electron chi connectivity index (χ2n) is 4.85. The fourth-order valence-electron chi connectivity index (χ4n) is 1.79. The van der Waals surface area contributed by atoms with Crippen molar-refractivity contribution in [3.63, 3.8) is 0 Å². The molecule has 0 aliphatic rings. The summed E-state index contributed by atoms with van der Waals surface area (Å²) in [7, 11) is 0. The molecule has 2 rings (SSSR count). The van der Waals surface area contributed by atoms with Gasteiger partial charge in [-0.2, -0.15) is 5.10 Å². The first-order valence-corrected chi connectivity index (χ1v) is 7.20. The maximum atomic E-state index is 11.7. The van der Waals surface area contributed by atoms with E-state index in [1.54, 1.807) is 24.4 Å². The molecule has 0 fully saturated rings. The molecule has 0 aromatic heterocycles. The number of amides is 1. The Kier molecular flexibility index (Phi) is 5.55. The molecule has 0 saturated heterocycles. The van der Waals surface area contributed by atoms with Gasteiger partial charge in [0.25, 0.3) is 5.91 Å². The zero-order valence-corrected chi connectivity index (χ0v) is 13.2. The van der Waals surface area contributed by atoms with Gasteiger partial charge in [0, 0.05) is 5.02 Å². The molecule has 0 aliphatic heterocycles. The minimum absolute atomic E-state index is 0.105. The smallest absolute Gasteiger partial charge is 0.277 e. The molecule has 1 amide bonds. The van der Waals surface area contributed by atoms with Crippen LogP contribution in [0.5, 0.6) is 5.75 Å². The number of nitrogens with one attached hydrogen (secondary N) is 1. The summed E-state index contributed by atoms with van der Waals surface area (Å²) in [5.41, 5.74) is 5.38. The van der Waals surface area contributed by atoms with Gasteiger partial charge in [-0.05, 0) is 48.7 Å². The van der Waals surface area contributed by atoms with Crippen molar-refractivity contribution in [2.45, 2.75) is 13.8 Å². The Balaban J connectivity index is 1.83. The van der Waals surface area contributed by atoms with E-state index in [0.717, 1.165) is 16.7 Å². The standard InChI is InChI=1S/C17H17ClN2O2/c1-12-5-3-4-6-14(12)10-19-20-17(21)11-22-15-7-8-16(18)13(2)9-15/h3-10H,11H2,1-2H3,(H,20,21). The number of benzene rings is 2. The molecule has 5 heteroatoms. The van der Waals surface area contributed by atoms with E-state index in [9.17, 15) is 4.79 Å². The Labute approximate surface area is 134 Å². The van der Waals surface area contributed by atoms with Gasteiger partial charge in [-0.25, -0.2) is 5.43 Å². The Bertz CT molecular complexity index is 699. The second kappa shape index (κ2) is 7.61. The molecular weight excluding hydrogens is 300 g/mol.